The van der Waals surface area contributed by atoms with Crippen LogP contribution >= 0.6 is 0 Å². The van der Waals surface area contributed by atoms with E-state index in [2.05, 4.69) is 14.9 Å². The second-order valence-electron chi connectivity index (χ2n) is 3.90. The zero-order chi connectivity index (χ0) is 13.8. The highest BCUT2D eigenvalue weighted by molar-refractivity contribution is 7.89. The van der Waals surface area contributed by atoms with Crippen molar-refractivity contribution >= 4 is 15.9 Å². The van der Waals surface area contributed by atoms with Crippen LogP contribution in [-0.2, 0) is 17.1 Å². The van der Waals surface area contributed by atoms with Gasteiger partial charge < -0.3 is 15.5 Å². The van der Waals surface area contributed by atoms with Crippen LogP contribution in [0.2, 0.25) is 0 Å². The number of nitrogens with two attached hydrogens (primary N) is 1. The van der Waals surface area contributed by atoms with Gasteiger partial charge in [0.05, 0.1) is 6.33 Å². The van der Waals surface area contributed by atoms with E-state index in [-0.39, 0.29) is 17.3 Å². The van der Waals surface area contributed by atoms with Crippen molar-refractivity contribution in [2.24, 2.45) is 17.9 Å². The minimum absolute atomic E-state index is 0.0226. The van der Waals surface area contributed by atoms with Crippen molar-refractivity contribution in [3.05, 3.63) is 12.5 Å². The molecule has 1 unspecified atom stereocenters. The van der Waals surface area contributed by atoms with Crippen LogP contribution < -0.4 is 10.5 Å². The second kappa shape index (κ2) is 5.83. The van der Waals surface area contributed by atoms with E-state index in [0.717, 1.165) is 0 Å². The molecule has 0 saturated heterocycles. The lowest BCUT2D eigenvalue weighted by Gasteiger charge is -2.15. The maximum Gasteiger partial charge on any atom is 0.259 e. The molecule has 0 bridgehead atoms. The largest absolute Gasteiger partial charge is 0.409 e. The van der Waals surface area contributed by atoms with Crippen LogP contribution in [0.25, 0.3) is 0 Å². The Hall–Kier alpha value is -1.61. The molecule has 0 aliphatic heterocycles. The molecule has 18 heavy (non-hydrogen) atoms. The molecule has 1 rings (SSSR count). The Morgan fingerprint density at radius 2 is 2.39 bits per heavy atom. The molecular weight excluding hydrogens is 258 g/mol. The first-order chi connectivity index (χ1) is 8.39. The summed E-state index contributed by atoms with van der Waals surface area (Å²) >= 11 is 0. The molecule has 1 heterocycles. The van der Waals surface area contributed by atoms with Crippen LogP contribution in [0.15, 0.2) is 22.7 Å². The molecule has 1 aromatic heterocycles. The Kier molecular flexibility index (Phi) is 4.68. The van der Waals surface area contributed by atoms with Gasteiger partial charge in [-0.25, -0.2) is 18.1 Å². The number of sulfonamides is 1. The number of imidazole rings is 1. The number of hydrogen-bond acceptors (Lipinski definition) is 5. The van der Waals surface area contributed by atoms with E-state index in [0.29, 0.717) is 6.42 Å². The first-order valence-corrected chi connectivity index (χ1v) is 6.84. The van der Waals surface area contributed by atoms with Gasteiger partial charge in [-0.1, -0.05) is 12.1 Å². The Labute approximate surface area is 106 Å². The van der Waals surface area contributed by atoms with E-state index in [9.17, 15) is 8.42 Å². The highest BCUT2D eigenvalue weighted by Gasteiger charge is 2.21. The van der Waals surface area contributed by atoms with Gasteiger partial charge in [0.1, 0.15) is 5.84 Å². The van der Waals surface area contributed by atoms with Gasteiger partial charge in [-0.2, -0.15) is 0 Å². The number of rotatable bonds is 6. The highest BCUT2D eigenvalue weighted by atomic mass is 32.2. The Morgan fingerprint density at radius 1 is 1.72 bits per heavy atom. The highest BCUT2D eigenvalue weighted by Crippen LogP contribution is 2.08. The van der Waals surface area contributed by atoms with Gasteiger partial charge in [0, 0.05) is 25.7 Å². The second-order valence-corrected chi connectivity index (χ2v) is 5.56. The lowest BCUT2D eigenvalue weighted by atomic mass is 10.1. The SMILES string of the molecule is CCC(CC(N)=NO)NS(=O)(=O)c1cn(C)cn1. The minimum atomic E-state index is -3.68. The molecular formula is C9H17N5O3S. The van der Waals surface area contributed by atoms with Gasteiger partial charge in [0.2, 0.25) is 0 Å². The predicted octanol–water partition coefficient (Wildman–Crippen LogP) is -0.386. The van der Waals surface area contributed by atoms with Gasteiger partial charge in [0.25, 0.3) is 10.0 Å². The fraction of sp³-hybridized carbons (Fsp3) is 0.556. The summed E-state index contributed by atoms with van der Waals surface area (Å²) in [6.45, 7) is 1.80. The Bertz CT molecular complexity index is 522. The van der Waals surface area contributed by atoms with Crippen molar-refractivity contribution in [2.75, 3.05) is 0 Å². The van der Waals surface area contributed by atoms with E-state index < -0.39 is 16.1 Å². The monoisotopic (exact) mass is 275 g/mol. The molecule has 8 nitrogen and oxygen atoms in total. The molecule has 0 aliphatic carbocycles. The van der Waals surface area contributed by atoms with Crippen LogP contribution in [0.5, 0.6) is 0 Å². The summed E-state index contributed by atoms with van der Waals surface area (Å²) in [6, 6.07) is -0.437. The van der Waals surface area contributed by atoms with Crippen LogP contribution in [-0.4, -0.2) is 35.1 Å². The maximum absolute atomic E-state index is 12.0. The number of hydrogen-bond donors (Lipinski definition) is 3. The quantitative estimate of drug-likeness (QED) is 0.282. The Balaban J connectivity index is 2.81. The van der Waals surface area contributed by atoms with E-state index in [1.54, 1.807) is 18.5 Å². The summed E-state index contributed by atoms with van der Waals surface area (Å²) in [6.07, 6.45) is 3.46. The molecule has 0 radical (unpaired) electrons. The first-order valence-electron chi connectivity index (χ1n) is 5.35. The van der Waals surface area contributed by atoms with Crippen LogP contribution in [0, 0.1) is 0 Å². The molecule has 4 N–H and O–H groups in total. The molecule has 0 fully saturated rings. The normalized spacial score (nSPS) is 14.7. The third-order valence-electron chi connectivity index (χ3n) is 2.36. The zero-order valence-corrected chi connectivity index (χ0v) is 11.1. The lowest BCUT2D eigenvalue weighted by Crippen LogP contribution is -2.37. The van der Waals surface area contributed by atoms with Crippen LogP contribution in [0.1, 0.15) is 19.8 Å². The standard InChI is InChI=1S/C9H17N5O3S/c1-3-7(4-8(10)12-15)13-18(16,17)9-5-14(2)6-11-9/h5-7,13,15H,3-4H2,1-2H3,(H2,10,12). The summed E-state index contributed by atoms with van der Waals surface area (Å²) in [5.74, 6) is -0.0226. The summed E-state index contributed by atoms with van der Waals surface area (Å²) in [5.41, 5.74) is 5.36. The summed E-state index contributed by atoms with van der Waals surface area (Å²) in [5, 5.41) is 11.2. The van der Waals surface area contributed by atoms with E-state index >= 15 is 0 Å². The minimum Gasteiger partial charge on any atom is -0.409 e. The summed E-state index contributed by atoms with van der Waals surface area (Å²) in [4.78, 5) is 3.78. The lowest BCUT2D eigenvalue weighted by molar-refractivity contribution is 0.316. The van der Waals surface area contributed by atoms with Gasteiger partial charge in [0.15, 0.2) is 5.03 Å². The number of aromatic nitrogens is 2. The average Bonchev–Trinajstić information content (AvgIpc) is 2.75. The Morgan fingerprint density at radius 3 is 2.83 bits per heavy atom. The topological polar surface area (TPSA) is 123 Å². The molecule has 0 aliphatic rings. The molecule has 9 heteroatoms. The summed E-state index contributed by atoms with van der Waals surface area (Å²) in [7, 11) is -2.00. The third-order valence-corrected chi connectivity index (χ3v) is 3.76. The van der Waals surface area contributed by atoms with Gasteiger partial charge >= 0.3 is 0 Å². The molecule has 1 aromatic rings. The molecule has 0 aromatic carbocycles. The smallest absolute Gasteiger partial charge is 0.259 e. The number of amidine groups is 1. The van der Waals surface area contributed by atoms with Crippen molar-refractivity contribution in [1.29, 1.82) is 0 Å². The molecule has 102 valence electrons. The van der Waals surface area contributed by atoms with E-state index in [1.165, 1.54) is 12.5 Å². The van der Waals surface area contributed by atoms with E-state index in [1.807, 2.05) is 0 Å². The van der Waals surface area contributed by atoms with E-state index in [4.69, 9.17) is 10.9 Å². The van der Waals surface area contributed by atoms with Gasteiger partial charge in [-0.15, -0.1) is 0 Å². The zero-order valence-electron chi connectivity index (χ0n) is 10.2. The first kappa shape index (κ1) is 14.5. The van der Waals surface area contributed by atoms with Gasteiger partial charge in [-0.3, -0.25) is 0 Å². The third kappa shape index (κ3) is 3.70. The molecule has 0 amide bonds. The molecule has 1 atom stereocenters. The van der Waals surface area contributed by atoms with Crippen molar-refractivity contribution in [2.45, 2.75) is 30.8 Å². The maximum atomic E-state index is 12.0. The number of aryl methyl sites for hydroxylation is 1. The van der Waals surface area contributed by atoms with Crippen LogP contribution in [0.3, 0.4) is 0 Å². The van der Waals surface area contributed by atoms with Gasteiger partial charge in [-0.05, 0) is 6.42 Å². The number of nitrogens with one attached hydrogen (secondary N) is 1. The molecule has 0 saturated carbocycles. The van der Waals surface area contributed by atoms with Crippen LogP contribution in [0.4, 0.5) is 0 Å². The predicted molar refractivity (Wildman–Crippen MR) is 65.6 cm³/mol. The van der Waals surface area contributed by atoms with Crippen molar-refractivity contribution < 1.29 is 13.6 Å². The summed E-state index contributed by atoms with van der Waals surface area (Å²) < 4.78 is 27.9. The molecule has 0 spiro atoms. The fourth-order valence-corrected chi connectivity index (χ4v) is 2.67. The average molecular weight is 275 g/mol. The number of nitrogens with zero attached hydrogens (tertiary/aromatic N) is 3. The fourth-order valence-electron chi connectivity index (χ4n) is 1.37. The van der Waals surface area contributed by atoms with Crippen molar-refractivity contribution in [3.8, 4) is 0 Å². The van der Waals surface area contributed by atoms with Crippen molar-refractivity contribution in [1.82, 2.24) is 14.3 Å². The number of oxime groups is 1. The van der Waals surface area contributed by atoms with Crippen molar-refractivity contribution in [3.63, 3.8) is 0 Å².